The van der Waals surface area contributed by atoms with E-state index in [1.165, 1.54) is 18.7 Å². The topological polar surface area (TPSA) is 38.8 Å². The third-order valence-electron chi connectivity index (χ3n) is 7.33. The van der Waals surface area contributed by atoms with Gasteiger partial charge >= 0.3 is 5.97 Å². The lowest BCUT2D eigenvalue weighted by Gasteiger charge is -2.38. The van der Waals surface area contributed by atoms with Gasteiger partial charge < -0.3 is 9.47 Å². The number of piperidine rings is 1. The molecule has 5 rings (SSSR count). The fourth-order valence-corrected chi connectivity index (χ4v) is 5.79. The molecule has 1 aliphatic carbocycles. The van der Waals surface area contributed by atoms with Crippen molar-refractivity contribution in [2.45, 2.75) is 37.6 Å². The summed E-state index contributed by atoms with van der Waals surface area (Å²) in [4.78, 5) is 14.4. The molecule has 0 amide bonds. The molecule has 7 heteroatoms. The van der Waals surface area contributed by atoms with Gasteiger partial charge in [-0.3, -0.25) is 4.90 Å². The number of esters is 1. The highest BCUT2D eigenvalue weighted by molar-refractivity contribution is 6.34. The summed E-state index contributed by atoms with van der Waals surface area (Å²) in [6.07, 6.45) is 3.96. The molecule has 3 aromatic rings. The maximum atomic E-state index is 14.6. The second-order valence-corrected chi connectivity index (χ2v) is 10.8. The zero-order valence-corrected chi connectivity index (χ0v) is 22.3. The summed E-state index contributed by atoms with van der Waals surface area (Å²) in [7, 11) is 1.26. The number of benzene rings is 3. The first-order chi connectivity index (χ1) is 17.9. The summed E-state index contributed by atoms with van der Waals surface area (Å²) in [5, 5.41) is 1.26. The molecule has 4 nitrogen and oxygen atoms in total. The number of hydrogen-bond donors (Lipinski definition) is 0. The van der Waals surface area contributed by atoms with Crippen molar-refractivity contribution in [3.05, 3.63) is 98.8 Å². The zero-order valence-electron chi connectivity index (χ0n) is 20.8. The van der Waals surface area contributed by atoms with Crippen LogP contribution in [0, 0.1) is 11.7 Å². The van der Waals surface area contributed by atoms with Gasteiger partial charge in [-0.1, -0.05) is 53.5 Å². The Morgan fingerprint density at radius 1 is 0.973 bits per heavy atom. The first kappa shape index (κ1) is 26.0. The average molecular weight is 542 g/mol. The number of carbonyl (C=O) groups is 1. The van der Waals surface area contributed by atoms with Gasteiger partial charge in [-0.25, -0.2) is 9.18 Å². The summed E-state index contributed by atoms with van der Waals surface area (Å²) in [6.45, 7) is 2.30. The number of carbonyl (C=O) groups excluding carboxylic acids is 1. The Labute approximate surface area is 227 Å². The molecule has 0 aromatic heterocycles. The second-order valence-electron chi connectivity index (χ2n) is 9.94. The van der Waals surface area contributed by atoms with Crippen molar-refractivity contribution < 1.29 is 18.7 Å². The Bertz CT molecular complexity index is 1240. The van der Waals surface area contributed by atoms with Gasteiger partial charge in [0.2, 0.25) is 0 Å². The largest absolute Gasteiger partial charge is 0.493 e. The molecule has 0 N–H and O–H groups in total. The Morgan fingerprint density at radius 2 is 1.65 bits per heavy atom. The van der Waals surface area contributed by atoms with Gasteiger partial charge in [0.15, 0.2) is 0 Å². The van der Waals surface area contributed by atoms with E-state index in [9.17, 15) is 9.18 Å². The van der Waals surface area contributed by atoms with Crippen LogP contribution in [0.25, 0.3) is 0 Å². The molecule has 3 aromatic carbocycles. The molecule has 0 spiro atoms. The number of nitrogens with zero attached hydrogens (tertiary/aromatic N) is 1. The van der Waals surface area contributed by atoms with Crippen LogP contribution in [0.15, 0.2) is 60.7 Å². The molecule has 37 heavy (non-hydrogen) atoms. The number of ether oxygens (including phenoxy) is 2. The fourth-order valence-electron chi connectivity index (χ4n) is 5.24. The van der Waals surface area contributed by atoms with Crippen molar-refractivity contribution in [1.82, 2.24) is 4.90 Å². The number of rotatable bonds is 8. The monoisotopic (exact) mass is 541 g/mol. The predicted molar refractivity (Wildman–Crippen MR) is 144 cm³/mol. The first-order valence-corrected chi connectivity index (χ1v) is 13.5. The number of hydrogen-bond acceptors (Lipinski definition) is 4. The first-order valence-electron chi connectivity index (χ1n) is 12.7. The molecule has 2 aliphatic rings. The van der Waals surface area contributed by atoms with Gasteiger partial charge in [-0.15, -0.1) is 0 Å². The SMILES string of the molecule is COC(=O)c1cc(C2CC2)c(OCC2CCN(C(c3ccccc3)c3cc(Cl)cc(Cl)c3)CC2)cc1F. The van der Waals surface area contributed by atoms with Gasteiger partial charge in [0.1, 0.15) is 11.6 Å². The third-order valence-corrected chi connectivity index (χ3v) is 7.76. The Morgan fingerprint density at radius 3 is 2.27 bits per heavy atom. The van der Waals surface area contributed by atoms with E-state index in [-0.39, 0.29) is 11.6 Å². The van der Waals surface area contributed by atoms with E-state index < -0.39 is 11.8 Å². The molecular weight excluding hydrogens is 512 g/mol. The van der Waals surface area contributed by atoms with Crippen molar-refractivity contribution >= 4 is 29.2 Å². The lowest BCUT2D eigenvalue weighted by Crippen LogP contribution is -2.38. The number of likely N-dealkylation sites (tertiary alicyclic amines) is 1. The van der Waals surface area contributed by atoms with Gasteiger partial charge in [-0.05, 0) is 91.6 Å². The summed E-state index contributed by atoms with van der Waals surface area (Å²) < 4.78 is 25.5. The fraction of sp³-hybridized carbons (Fsp3) is 0.367. The van der Waals surface area contributed by atoms with E-state index in [1.807, 2.05) is 18.2 Å². The van der Waals surface area contributed by atoms with Crippen molar-refractivity contribution in [1.29, 1.82) is 0 Å². The van der Waals surface area contributed by atoms with Crippen molar-refractivity contribution in [3.63, 3.8) is 0 Å². The zero-order chi connectivity index (χ0) is 25.9. The molecular formula is C30H30Cl2FNO3. The molecule has 1 saturated carbocycles. The smallest absolute Gasteiger partial charge is 0.340 e. The summed E-state index contributed by atoms with van der Waals surface area (Å²) in [6, 6.07) is 19.2. The summed E-state index contributed by atoms with van der Waals surface area (Å²) >= 11 is 12.7. The molecule has 1 unspecified atom stereocenters. The van der Waals surface area contributed by atoms with Crippen LogP contribution in [-0.4, -0.2) is 37.7 Å². The molecule has 1 atom stereocenters. The van der Waals surface area contributed by atoms with Gasteiger partial charge in [0, 0.05) is 16.1 Å². The van der Waals surface area contributed by atoms with Crippen LogP contribution in [0.4, 0.5) is 4.39 Å². The van der Waals surface area contributed by atoms with Gasteiger partial charge in [0.25, 0.3) is 0 Å². The quantitative estimate of drug-likeness (QED) is 0.274. The minimum Gasteiger partial charge on any atom is -0.493 e. The highest BCUT2D eigenvalue weighted by Gasteiger charge is 2.31. The van der Waals surface area contributed by atoms with Gasteiger partial charge in [0.05, 0.1) is 25.3 Å². The lowest BCUT2D eigenvalue weighted by molar-refractivity contribution is 0.0595. The Balaban J connectivity index is 1.27. The standard InChI is InChI=1S/C30H30Cl2FNO3/c1-36-30(35)26-16-25(20-7-8-20)28(17-27(26)33)37-18-19-9-11-34(12-10-19)29(21-5-3-2-4-6-21)22-13-23(31)15-24(32)14-22/h2-6,13-17,19-20,29H,7-12,18H2,1H3. The molecule has 1 saturated heterocycles. The Hall–Kier alpha value is -2.60. The van der Waals surface area contributed by atoms with Crippen molar-refractivity contribution in [2.24, 2.45) is 5.92 Å². The maximum Gasteiger partial charge on any atom is 0.340 e. The van der Waals surface area contributed by atoms with Crippen LogP contribution in [0.5, 0.6) is 5.75 Å². The van der Waals surface area contributed by atoms with E-state index in [0.29, 0.717) is 34.2 Å². The maximum absolute atomic E-state index is 14.6. The lowest BCUT2D eigenvalue weighted by atomic mass is 9.91. The van der Waals surface area contributed by atoms with Crippen LogP contribution >= 0.6 is 23.2 Å². The Kier molecular flexibility index (Phi) is 8.04. The molecule has 1 aliphatic heterocycles. The average Bonchev–Trinajstić information content (AvgIpc) is 3.73. The predicted octanol–water partition coefficient (Wildman–Crippen LogP) is 7.68. The molecule has 1 heterocycles. The van der Waals surface area contributed by atoms with Crippen LogP contribution in [0.2, 0.25) is 10.0 Å². The highest BCUT2D eigenvalue weighted by atomic mass is 35.5. The molecule has 2 fully saturated rings. The van der Waals surface area contributed by atoms with E-state index >= 15 is 0 Å². The molecule has 0 bridgehead atoms. The molecule has 194 valence electrons. The summed E-state index contributed by atoms with van der Waals surface area (Å²) in [5.41, 5.74) is 3.15. The van der Waals surface area contributed by atoms with Crippen molar-refractivity contribution in [2.75, 3.05) is 26.8 Å². The van der Waals surface area contributed by atoms with E-state index in [2.05, 4.69) is 29.2 Å². The number of halogens is 3. The second kappa shape index (κ2) is 11.4. The third kappa shape index (κ3) is 6.11. The highest BCUT2D eigenvalue weighted by Crippen LogP contribution is 2.45. The van der Waals surface area contributed by atoms with Crippen molar-refractivity contribution in [3.8, 4) is 5.75 Å². The van der Waals surface area contributed by atoms with E-state index in [1.54, 1.807) is 12.1 Å². The van der Waals surface area contributed by atoms with Crippen LogP contribution in [0.3, 0.4) is 0 Å². The minimum absolute atomic E-state index is 0.0295. The van der Waals surface area contributed by atoms with Crippen LogP contribution < -0.4 is 4.74 Å². The van der Waals surface area contributed by atoms with E-state index in [0.717, 1.165) is 49.9 Å². The summed E-state index contributed by atoms with van der Waals surface area (Å²) in [5.74, 6) is -0.0481. The van der Waals surface area contributed by atoms with Crippen LogP contribution in [0.1, 0.15) is 64.7 Å². The van der Waals surface area contributed by atoms with Crippen LogP contribution in [-0.2, 0) is 4.74 Å². The van der Waals surface area contributed by atoms with E-state index in [4.69, 9.17) is 32.7 Å². The number of methoxy groups -OCH3 is 1. The molecule has 0 radical (unpaired) electrons. The minimum atomic E-state index is -0.660. The van der Waals surface area contributed by atoms with Gasteiger partial charge in [-0.2, -0.15) is 0 Å². The normalized spacial score (nSPS) is 17.4.